The first-order valence-electron chi connectivity index (χ1n) is 8.57. The molecule has 0 saturated heterocycles. The standard InChI is InChI=1S/C21H20N4O/c1-14(15-6-4-3-5-7-15)23-18-10-17(12-22-13-18)16-8-9-19-20(11-16)25(2)21(26)24-19/h3-14,23H,1-2H3,(H,24,26). The van der Waals surface area contributed by atoms with Crippen LogP contribution in [-0.4, -0.2) is 14.5 Å². The Labute approximate surface area is 151 Å². The lowest BCUT2D eigenvalue weighted by Crippen LogP contribution is -2.11. The molecule has 0 fully saturated rings. The molecule has 26 heavy (non-hydrogen) atoms. The number of hydrogen-bond donors (Lipinski definition) is 2. The van der Waals surface area contributed by atoms with Gasteiger partial charge in [-0.25, -0.2) is 4.79 Å². The second-order valence-corrected chi connectivity index (χ2v) is 6.46. The van der Waals surface area contributed by atoms with E-state index in [0.29, 0.717) is 0 Å². The van der Waals surface area contributed by atoms with E-state index in [1.54, 1.807) is 11.6 Å². The van der Waals surface area contributed by atoms with Crippen LogP contribution in [0.2, 0.25) is 0 Å². The van der Waals surface area contributed by atoms with Gasteiger partial charge in [0.05, 0.1) is 16.7 Å². The van der Waals surface area contributed by atoms with Gasteiger partial charge in [-0.2, -0.15) is 0 Å². The number of rotatable bonds is 4. The highest BCUT2D eigenvalue weighted by atomic mass is 16.1. The second kappa shape index (κ2) is 6.52. The number of fused-ring (bicyclic) bond motifs is 1. The van der Waals surface area contributed by atoms with Crippen LogP contribution >= 0.6 is 0 Å². The summed E-state index contributed by atoms with van der Waals surface area (Å²) in [4.78, 5) is 19.0. The Morgan fingerprint density at radius 3 is 2.65 bits per heavy atom. The van der Waals surface area contributed by atoms with Crippen LogP contribution in [0.5, 0.6) is 0 Å². The summed E-state index contributed by atoms with van der Waals surface area (Å²) in [5.41, 5.74) is 5.82. The van der Waals surface area contributed by atoms with Crippen LogP contribution in [0.25, 0.3) is 22.2 Å². The molecule has 2 N–H and O–H groups in total. The largest absolute Gasteiger partial charge is 0.377 e. The highest BCUT2D eigenvalue weighted by Crippen LogP contribution is 2.26. The van der Waals surface area contributed by atoms with Crippen LogP contribution in [-0.2, 0) is 7.05 Å². The van der Waals surface area contributed by atoms with Gasteiger partial charge in [0.1, 0.15) is 0 Å². The van der Waals surface area contributed by atoms with Gasteiger partial charge in [-0.05, 0) is 36.2 Å². The van der Waals surface area contributed by atoms with Gasteiger partial charge in [0, 0.05) is 31.0 Å². The third-order valence-electron chi connectivity index (χ3n) is 4.66. The SMILES string of the molecule is CC(Nc1cncc(-c2ccc3[nH]c(=O)n(C)c3c2)c1)c1ccccc1. The molecule has 1 atom stereocenters. The molecule has 4 rings (SSSR count). The summed E-state index contributed by atoms with van der Waals surface area (Å²) in [5.74, 6) is 0. The smallest absolute Gasteiger partial charge is 0.326 e. The number of pyridine rings is 1. The van der Waals surface area contributed by atoms with Crippen LogP contribution in [0.4, 0.5) is 5.69 Å². The molecule has 2 aromatic carbocycles. The maximum Gasteiger partial charge on any atom is 0.326 e. The van der Waals surface area contributed by atoms with Crippen molar-refractivity contribution in [2.24, 2.45) is 7.05 Å². The molecular formula is C21H20N4O. The van der Waals surface area contributed by atoms with Gasteiger partial charge < -0.3 is 10.3 Å². The minimum Gasteiger partial charge on any atom is -0.377 e. The molecule has 0 bridgehead atoms. The molecule has 5 nitrogen and oxygen atoms in total. The van der Waals surface area contributed by atoms with E-state index in [-0.39, 0.29) is 11.7 Å². The fourth-order valence-electron chi connectivity index (χ4n) is 3.15. The molecule has 0 aliphatic rings. The number of aryl methyl sites for hydroxylation is 1. The number of benzene rings is 2. The van der Waals surface area contributed by atoms with Gasteiger partial charge in [-0.15, -0.1) is 0 Å². The minimum atomic E-state index is -0.109. The van der Waals surface area contributed by atoms with Gasteiger partial charge in [-0.3, -0.25) is 9.55 Å². The number of H-pyrrole nitrogens is 1. The fourth-order valence-corrected chi connectivity index (χ4v) is 3.15. The lowest BCUT2D eigenvalue weighted by Gasteiger charge is -2.16. The minimum absolute atomic E-state index is 0.109. The van der Waals surface area contributed by atoms with Gasteiger partial charge in [0.15, 0.2) is 0 Å². The predicted molar refractivity (Wildman–Crippen MR) is 105 cm³/mol. The van der Waals surface area contributed by atoms with Crippen molar-refractivity contribution >= 4 is 16.7 Å². The number of nitrogens with one attached hydrogen (secondary N) is 2. The average molecular weight is 344 g/mol. The quantitative estimate of drug-likeness (QED) is 0.586. The van der Waals surface area contributed by atoms with E-state index >= 15 is 0 Å². The first-order valence-corrected chi connectivity index (χ1v) is 8.57. The van der Waals surface area contributed by atoms with E-state index in [1.807, 2.05) is 48.8 Å². The van der Waals surface area contributed by atoms with Crippen molar-refractivity contribution < 1.29 is 0 Å². The van der Waals surface area contributed by atoms with E-state index < -0.39 is 0 Å². The maximum absolute atomic E-state index is 11.8. The molecule has 5 heteroatoms. The summed E-state index contributed by atoms with van der Waals surface area (Å²) < 4.78 is 1.62. The number of aromatic amines is 1. The molecule has 4 aromatic rings. The zero-order chi connectivity index (χ0) is 18.1. The van der Waals surface area contributed by atoms with E-state index in [4.69, 9.17) is 0 Å². The molecule has 0 spiro atoms. The monoisotopic (exact) mass is 344 g/mol. The van der Waals surface area contributed by atoms with Gasteiger partial charge in [0.25, 0.3) is 0 Å². The average Bonchev–Trinajstić information content (AvgIpc) is 2.96. The molecule has 0 aliphatic carbocycles. The topological polar surface area (TPSA) is 62.7 Å². The van der Waals surface area contributed by atoms with Crippen molar-refractivity contribution in [3.63, 3.8) is 0 Å². The summed E-state index contributed by atoms with van der Waals surface area (Å²) in [7, 11) is 1.77. The Morgan fingerprint density at radius 2 is 1.85 bits per heavy atom. The lowest BCUT2D eigenvalue weighted by atomic mass is 10.1. The van der Waals surface area contributed by atoms with Crippen molar-refractivity contribution in [3.8, 4) is 11.1 Å². The second-order valence-electron chi connectivity index (χ2n) is 6.46. The van der Waals surface area contributed by atoms with Gasteiger partial charge in [-0.1, -0.05) is 36.4 Å². The number of aromatic nitrogens is 3. The summed E-state index contributed by atoms with van der Waals surface area (Å²) in [6, 6.07) is 18.5. The Bertz CT molecular complexity index is 1110. The normalized spacial score (nSPS) is 12.2. The molecule has 0 saturated carbocycles. The molecule has 0 radical (unpaired) electrons. The third-order valence-corrected chi connectivity index (χ3v) is 4.66. The molecule has 0 amide bonds. The zero-order valence-corrected chi connectivity index (χ0v) is 14.7. The molecule has 2 heterocycles. The summed E-state index contributed by atoms with van der Waals surface area (Å²) in [6.45, 7) is 2.13. The molecule has 0 aliphatic heterocycles. The van der Waals surface area contributed by atoms with Crippen LogP contribution in [0.1, 0.15) is 18.5 Å². The zero-order valence-electron chi connectivity index (χ0n) is 14.7. The Morgan fingerprint density at radius 1 is 1.04 bits per heavy atom. The fraction of sp³-hybridized carbons (Fsp3) is 0.143. The van der Waals surface area contributed by atoms with Crippen LogP contribution in [0.15, 0.2) is 71.8 Å². The Hall–Kier alpha value is -3.34. The first kappa shape index (κ1) is 16.1. The molecule has 2 aromatic heterocycles. The van der Waals surface area contributed by atoms with Crippen LogP contribution < -0.4 is 11.0 Å². The van der Waals surface area contributed by atoms with Crippen molar-refractivity contribution in [3.05, 3.63) is 83.0 Å². The maximum atomic E-state index is 11.8. The predicted octanol–water partition coefficient (Wildman–Crippen LogP) is 4.10. The summed E-state index contributed by atoms with van der Waals surface area (Å²) in [6.07, 6.45) is 3.66. The summed E-state index contributed by atoms with van der Waals surface area (Å²) >= 11 is 0. The van der Waals surface area contributed by atoms with Crippen molar-refractivity contribution in [1.82, 2.24) is 14.5 Å². The number of imidazole rings is 1. The Kier molecular flexibility index (Phi) is 4.05. The highest BCUT2D eigenvalue weighted by Gasteiger charge is 2.08. The first-order chi connectivity index (χ1) is 12.6. The van der Waals surface area contributed by atoms with E-state index in [9.17, 15) is 4.79 Å². The van der Waals surface area contributed by atoms with Crippen LogP contribution in [0, 0.1) is 0 Å². The van der Waals surface area contributed by atoms with E-state index in [0.717, 1.165) is 27.8 Å². The molecule has 130 valence electrons. The van der Waals surface area contributed by atoms with Gasteiger partial charge in [0.2, 0.25) is 0 Å². The van der Waals surface area contributed by atoms with E-state index in [1.165, 1.54) is 5.56 Å². The van der Waals surface area contributed by atoms with Crippen molar-refractivity contribution in [1.29, 1.82) is 0 Å². The third kappa shape index (κ3) is 2.99. The lowest BCUT2D eigenvalue weighted by molar-refractivity contribution is 0.883. The van der Waals surface area contributed by atoms with Crippen molar-refractivity contribution in [2.45, 2.75) is 13.0 Å². The van der Waals surface area contributed by atoms with Gasteiger partial charge >= 0.3 is 5.69 Å². The van der Waals surface area contributed by atoms with Crippen molar-refractivity contribution in [2.75, 3.05) is 5.32 Å². The molecule has 1 unspecified atom stereocenters. The Balaban J connectivity index is 1.65. The number of hydrogen-bond acceptors (Lipinski definition) is 3. The van der Waals surface area contributed by atoms with Crippen LogP contribution in [0.3, 0.4) is 0 Å². The highest BCUT2D eigenvalue weighted by molar-refractivity contribution is 5.82. The number of anilines is 1. The van der Waals surface area contributed by atoms with E-state index in [2.05, 4.69) is 40.4 Å². The summed E-state index contributed by atoms with van der Waals surface area (Å²) in [5, 5.41) is 3.50. The molecular weight excluding hydrogens is 324 g/mol. The number of nitrogens with zero attached hydrogens (tertiary/aromatic N) is 2.